The normalized spacial score (nSPS) is 14.6. The first-order valence-electron chi connectivity index (χ1n) is 6.45. The maximum Gasteiger partial charge on any atom is 0.321 e. The number of amides is 2. The molecule has 1 saturated heterocycles. The molecule has 5 nitrogen and oxygen atoms in total. The first-order chi connectivity index (χ1) is 9.29. The highest BCUT2D eigenvalue weighted by atomic mass is 16.5. The van der Waals surface area contributed by atoms with E-state index >= 15 is 0 Å². The number of anilines is 1. The molecule has 0 radical (unpaired) electrons. The fraction of sp³-hybridized carbons (Fsp3) is 0.429. The highest BCUT2D eigenvalue weighted by molar-refractivity contribution is 5.89. The van der Waals surface area contributed by atoms with Crippen molar-refractivity contribution in [2.24, 2.45) is 0 Å². The number of hydrogen-bond acceptors (Lipinski definition) is 3. The van der Waals surface area contributed by atoms with E-state index in [1.54, 1.807) is 24.3 Å². The Morgan fingerprint density at radius 1 is 1.37 bits per heavy atom. The van der Waals surface area contributed by atoms with E-state index in [1.807, 2.05) is 11.0 Å². The van der Waals surface area contributed by atoms with Crippen LogP contribution in [0, 0.1) is 11.3 Å². The lowest BCUT2D eigenvalue weighted by atomic mass is 10.1. The van der Waals surface area contributed by atoms with Gasteiger partial charge < -0.3 is 15.0 Å². The van der Waals surface area contributed by atoms with Gasteiger partial charge in [0, 0.05) is 24.8 Å². The summed E-state index contributed by atoms with van der Waals surface area (Å²) in [6.07, 6.45) is 3.33. The van der Waals surface area contributed by atoms with E-state index in [4.69, 9.17) is 10.00 Å². The van der Waals surface area contributed by atoms with Gasteiger partial charge in [-0.1, -0.05) is 6.07 Å². The second kappa shape index (κ2) is 6.64. The Bertz CT molecular complexity index is 476. The van der Waals surface area contributed by atoms with Gasteiger partial charge in [0.05, 0.1) is 0 Å². The first kappa shape index (κ1) is 13.2. The summed E-state index contributed by atoms with van der Waals surface area (Å²) in [5.74, 6) is 0.581. The number of carbonyl (C=O) groups is 1. The van der Waals surface area contributed by atoms with E-state index in [2.05, 4.69) is 5.32 Å². The van der Waals surface area contributed by atoms with Gasteiger partial charge in [-0.15, -0.1) is 0 Å². The van der Waals surface area contributed by atoms with Gasteiger partial charge in [0.1, 0.15) is 11.8 Å². The van der Waals surface area contributed by atoms with Gasteiger partial charge >= 0.3 is 6.03 Å². The summed E-state index contributed by atoms with van der Waals surface area (Å²) >= 11 is 0. The van der Waals surface area contributed by atoms with Gasteiger partial charge in [-0.3, -0.25) is 0 Å². The van der Waals surface area contributed by atoms with E-state index in [-0.39, 0.29) is 12.6 Å². The Balaban J connectivity index is 1.94. The highest BCUT2D eigenvalue weighted by Gasteiger charge is 2.16. The number of nitriles is 1. The number of urea groups is 1. The molecule has 0 atom stereocenters. The molecule has 2 amide bonds. The van der Waals surface area contributed by atoms with E-state index in [0.29, 0.717) is 11.4 Å². The smallest absolute Gasteiger partial charge is 0.321 e. The van der Waals surface area contributed by atoms with Gasteiger partial charge in [0.25, 0.3) is 0 Å². The first-order valence-corrected chi connectivity index (χ1v) is 6.45. The molecule has 1 N–H and O–H groups in total. The summed E-state index contributed by atoms with van der Waals surface area (Å²) < 4.78 is 5.20. The van der Waals surface area contributed by atoms with Crippen LogP contribution in [0.25, 0.3) is 0 Å². The molecule has 1 aromatic rings. The van der Waals surface area contributed by atoms with Crippen LogP contribution in [0.15, 0.2) is 24.3 Å². The number of hydrogen-bond donors (Lipinski definition) is 1. The van der Waals surface area contributed by atoms with Crippen molar-refractivity contribution in [1.82, 2.24) is 4.90 Å². The minimum atomic E-state index is -0.0721. The van der Waals surface area contributed by atoms with Crippen molar-refractivity contribution in [2.45, 2.75) is 19.3 Å². The van der Waals surface area contributed by atoms with Crippen LogP contribution in [0.4, 0.5) is 10.5 Å². The lowest BCUT2D eigenvalue weighted by Gasteiger charge is -2.26. The molecule has 100 valence electrons. The summed E-state index contributed by atoms with van der Waals surface area (Å²) in [6, 6.07) is 8.91. The lowest BCUT2D eigenvalue weighted by molar-refractivity contribution is 0.200. The number of piperidine rings is 1. The van der Waals surface area contributed by atoms with Crippen molar-refractivity contribution in [3.63, 3.8) is 0 Å². The Labute approximate surface area is 112 Å². The number of ether oxygens (including phenoxy) is 1. The van der Waals surface area contributed by atoms with Crippen LogP contribution in [0.1, 0.15) is 19.3 Å². The third-order valence-electron chi connectivity index (χ3n) is 3.03. The van der Waals surface area contributed by atoms with Crippen LogP contribution >= 0.6 is 0 Å². The maximum atomic E-state index is 12.0. The predicted octanol–water partition coefficient (Wildman–Crippen LogP) is 2.61. The van der Waals surface area contributed by atoms with Crippen LogP contribution in [0.5, 0.6) is 5.75 Å². The lowest BCUT2D eigenvalue weighted by Crippen LogP contribution is -2.38. The number of nitrogens with zero attached hydrogens (tertiary/aromatic N) is 2. The zero-order valence-corrected chi connectivity index (χ0v) is 10.8. The average molecular weight is 259 g/mol. The van der Waals surface area contributed by atoms with E-state index in [0.717, 1.165) is 25.9 Å². The molecule has 0 spiro atoms. The van der Waals surface area contributed by atoms with E-state index in [1.165, 1.54) is 6.42 Å². The Morgan fingerprint density at radius 2 is 2.16 bits per heavy atom. The standard InChI is InChI=1S/C14H17N3O2/c15-7-10-19-13-6-4-5-12(11-13)16-14(18)17-8-2-1-3-9-17/h4-6,11H,1-3,8-10H2,(H,16,18). The minimum absolute atomic E-state index is 0.00350. The summed E-state index contributed by atoms with van der Waals surface area (Å²) in [4.78, 5) is 13.8. The summed E-state index contributed by atoms with van der Waals surface area (Å²) in [5.41, 5.74) is 0.686. The second-order valence-corrected chi connectivity index (χ2v) is 4.45. The van der Waals surface area contributed by atoms with Gasteiger partial charge in [-0.2, -0.15) is 5.26 Å². The summed E-state index contributed by atoms with van der Waals surface area (Å²) in [6.45, 7) is 1.64. The Hall–Kier alpha value is -2.22. The Morgan fingerprint density at radius 3 is 2.89 bits per heavy atom. The third-order valence-corrected chi connectivity index (χ3v) is 3.03. The van der Waals surface area contributed by atoms with Crippen molar-refractivity contribution in [3.05, 3.63) is 24.3 Å². The topological polar surface area (TPSA) is 65.4 Å². The van der Waals surface area contributed by atoms with Gasteiger partial charge in [-0.25, -0.2) is 4.79 Å². The largest absolute Gasteiger partial charge is 0.479 e. The molecule has 0 bridgehead atoms. The number of rotatable bonds is 3. The molecule has 0 aliphatic carbocycles. The Kier molecular flexibility index (Phi) is 4.62. The van der Waals surface area contributed by atoms with Crippen molar-refractivity contribution in [3.8, 4) is 11.8 Å². The van der Waals surface area contributed by atoms with Crippen LogP contribution in [0.2, 0.25) is 0 Å². The van der Waals surface area contributed by atoms with Crippen LogP contribution < -0.4 is 10.1 Å². The van der Waals surface area contributed by atoms with Crippen LogP contribution in [-0.2, 0) is 0 Å². The maximum absolute atomic E-state index is 12.0. The molecule has 1 fully saturated rings. The van der Waals surface area contributed by atoms with Gasteiger partial charge in [0.2, 0.25) is 0 Å². The number of carbonyl (C=O) groups excluding carboxylic acids is 1. The fourth-order valence-electron chi connectivity index (χ4n) is 2.08. The van der Waals surface area contributed by atoms with Crippen molar-refractivity contribution in [1.29, 1.82) is 5.26 Å². The minimum Gasteiger partial charge on any atom is -0.479 e. The zero-order chi connectivity index (χ0) is 13.5. The van der Waals surface area contributed by atoms with Crippen LogP contribution in [-0.4, -0.2) is 30.6 Å². The summed E-state index contributed by atoms with van der Waals surface area (Å²) in [7, 11) is 0. The molecular weight excluding hydrogens is 242 g/mol. The molecule has 5 heteroatoms. The molecular formula is C14H17N3O2. The molecule has 2 rings (SSSR count). The van der Waals surface area contributed by atoms with Crippen molar-refractivity contribution < 1.29 is 9.53 Å². The predicted molar refractivity (Wildman–Crippen MR) is 72.0 cm³/mol. The van der Waals surface area contributed by atoms with Gasteiger partial charge in [0.15, 0.2) is 6.61 Å². The van der Waals surface area contributed by atoms with Gasteiger partial charge in [-0.05, 0) is 31.4 Å². The SMILES string of the molecule is N#CCOc1cccc(NC(=O)N2CCCCC2)c1. The van der Waals surface area contributed by atoms with Crippen molar-refractivity contribution >= 4 is 11.7 Å². The number of benzene rings is 1. The molecule has 0 saturated carbocycles. The molecule has 19 heavy (non-hydrogen) atoms. The van der Waals surface area contributed by atoms with E-state index in [9.17, 15) is 4.79 Å². The quantitative estimate of drug-likeness (QED) is 0.907. The highest BCUT2D eigenvalue weighted by Crippen LogP contribution is 2.18. The molecule has 0 unspecified atom stereocenters. The summed E-state index contributed by atoms with van der Waals surface area (Å²) in [5, 5.41) is 11.3. The van der Waals surface area contributed by atoms with Crippen LogP contribution in [0.3, 0.4) is 0 Å². The third kappa shape index (κ3) is 3.88. The molecule has 1 heterocycles. The molecule has 1 aliphatic rings. The second-order valence-electron chi connectivity index (χ2n) is 4.45. The zero-order valence-electron chi connectivity index (χ0n) is 10.8. The molecule has 1 aromatic carbocycles. The number of nitrogens with one attached hydrogen (secondary N) is 1. The van der Waals surface area contributed by atoms with E-state index < -0.39 is 0 Å². The molecule has 0 aromatic heterocycles. The average Bonchev–Trinajstić information content (AvgIpc) is 2.46. The van der Waals surface area contributed by atoms with Crippen molar-refractivity contribution in [2.75, 3.05) is 25.0 Å². The monoisotopic (exact) mass is 259 g/mol. The number of likely N-dealkylation sites (tertiary alicyclic amines) is 1. The molecule has 1 aliphatic heterocycles. The fourth-order valence-corrected chi connectivity index (χ4v) is 2.08.